The van der Waals surface area contributed by atoms with Crippen LogP contribution in [0.15, 0.2) is 18.2 Å². The minimum absolute atomic E-state index is 0.0420. The average molecular weight is 381 g/mol. The molecule has 0 unspecified atom stereocenters. The fourth-order valence-electron chi connectivity index (χ4n) is 3.05. The van der Waals surface area contributed by atoms with Crippen LogP contribution in [0, 0.1) is 16.0 Å². The van der Waals surface area contributed by atoms with Crippen LogP contribution in [0.5, 0.6) is 5.75 Å². The fraction of sp³-hybridized carbons (Fsp3) is 0.611. The van der Waals surface area contributed by atoms with Crippen LogP contribution in [0.3, 0.4) is 0 Å². The SMILES string of the molecule is CCNCC1CCN(C(=O)CSCc2ccc(OC)c([N+](=O)[O-])c2)CC1. The summed E-state index contributed by atoms with van der Waals surface area (Å²) in [6.45, 7) is 5.77. The van der Waals surface area contributed by atoms with Crippen molar-refractivity contribution in [1.82, 2.24) is 10.2 Å². The maximum Gasteiger partial charge on any atom is 0.311 e. The Kier molecular flexibility index (Phi) is 8.18. The van der Waals surface area contributed by atoms with E-state index in [0.717, 1.165) is 44.6 Å². The number of nitrogens with zero attached hydrogens (tertiary/aromatic N) is 2. The number of nitrogens with one attached hydrogen (secondary N) is 1. The molecule has 1 aliphatic heterocycles. The number of hydrogen-bond acceptors (Lipinski definition) is 6. The molecule has 0 bridgehead atoms. The largest absolute Gasteiger partial charge is 0.490 e. The van der Waals surface area contributed by atoms with Crippen LogP contribution in [0.1, 0.15) is 25.3 Å². The van der Waals surface area contributed by atoms with Gasteiger partial charge in [0.2, 0.25) is 5.91 Å². The third-order valence-electron chi connectivity index (χ3n) is 4.58. The van der Waals surface area contributed by atoms with Gasteiger partial charge in [0.25, 0.3) is 0 Å². The molecule has 8 heteroatoms. The van der Waals surface area contributed by atoms with Crippen molar-refractivity contribution in [3.63, 3.8) is 0 Å². The van der Waals surface area contributed by atoms with E-state index in [1.807, 2.05) is 4.90 Å². The molecule has 0 spiro atoms. The second kappa shape index (κ2) is 10.4. The second-order valence-corrected chi connectivity index (χ2v) is 7.37. The minimum Gasteiger partial charge on any atom is -0.490 e. The van der Waals surface area contributed by atoms with Crippen LogP contribution in [0.4, 0.5) is 5.69 Å². The van der Waals surface area contributed by atoms with E-state index >= 15 is 0 Å². The molecule has 7 nitrogen and oxygen atoms in total. The fourth-order valence-corrected chi connectivity index (χ4v) is 3.92. The molecule has 1 heterocycles. The maximum atomic E-state index is 12.3. The molecular weight excluding hydrogens is 354 g/mol. The van der Waals surface area contributed by atoms with Gasteiger partial charge in [0.15, 0.2) is 5.75 Å². The molecule has 1 N–H and O–H groups in total. The van der Waals surface area contributed by atoms with Crippen molar-refractivity contribution in [3.05, 3.63) is 33.9 Å². The Labute approximate surface area is 158 Å². The quantitative estimate of drug-likeness (QED) is 0.523. The second-order valence-electron chi connectivity index (χ2n) is 6.39. The van der Waals surface area contributed by atoms with Gasteiger partial charge in [-0.25, -0.2) is 0 Å². The van der Waals surface area contributed by atoms with Gasteiger partial charge in [-0.05, 0) is 43.5 Å². The standard InChI is InChI=1S/C18H27N3O4S/c1-3-19-11-14-6-8-20(9-7-14)18(22)13-26-12-15-4-5-17(25-2)16(10-15)21(23)24/h4-5,10,14,19H,3,6-9,11-13H2,1-2H3. The lowest BCUT2D eigenvalue weighted by molar-refractivity contribution is -0.385. The molecule has 144 valence electrons. The zero-order valence-electron chi connectivity index (χ0n) is 15.4. The number of methoxy groups -OCH3 is 1. The molecule has 1 saturated heterocycles. The summed E-state index contributed by atoms with van der Waals surface area (Å²) in [5.41, 5.74) is 0.777. The number of carbonyl (C=O) groups excluding carboxylic acids is 1. The van der Waals surface area contributed by atoms with E-state index in [1.54, 1.807) is 12.1 Å². The molecule has 0 saturated carbocycles. The van der Waals surface area contributed by atoms with E-state index in [4.69, 9.17) is 4.74 Å². The lowest BCUT2D eigenvalue weighted by Gasteiger charge is -2.32. The number of carbonyl (C=O) groups is 1. The van der Waals surface area contributed by atoms with E-state index in [9.17, 15) is 14.9 Å². The zero-order valence-corrected chi connectivity index (χ0v) is 16.2. The lowest BCUT2D eigenvalue weighted by atomic mass is 9.97. The molecule has 0 atom stereocenters. The summed E-state index contributed by atoms with van der Waals surface area (Å²) in [6.07, 6.45) is 2.10. The highest BCUT2D eigenvalue weighted by molar-refractivity contribution is 7.99. The smallest absolute Gasteiger partial charge is 0.311 e. The average Bonchev–Trinajstić information content (AvgIpc) is 2.66. The van der Waals surface area contributed by atoms with Crippen molar-refractivity contribution in [2.45, 2.75) is 25.5 Å². The Bertz CT molecular complexity index is 618. The Morgan fingerprint density at radius 3 is 2.77 bits per heavy atom. The Balaban J connectivity index is 1.77. The topological polar surface area (TPSA) is 84.7 Å². The minimum atomic E-state index is -0.449. The molecule has 1 fully saturated rings. The number of nitro benzene ring substituents is 1. The highest BCUT2D eigenvalue weighted by atomic mass is 32.2. The van der Waals surface area contributed by atoms with Gasteiger partial charge >= 0.3 is 5.69 Å². The van der Waals surface area contributed by atoms with Crippen molar-refractivity contribution in [2.24, 2.45) is 5.92 Å². The Hall–Kier alpha value is -1.80. The van der Waals surface area contributed by atoms with E-state index in [1.165, 1.54) is 24.9 Å². The summed E-state index contributed by atoms with van der Waals surface area (Å²) in [5.74, 6) is 2.03. The van der Waals surface area contributed by atoms with Gasteiger partial charge in [-0.15, -0.1) is 11.8 Å². The van der Waals surface area contributed by atoms with Crippen molar-refractivity contribution in [3.8, 4) is 5.75 Å². The molecule has 0 aromatic heterocycles. The summed E-state index contributed by atoms with van der Waals surface area (Å²) < 4.78 is 5.00. The number of piperidine rings is 1. The zero-order chi connectivity index (χ0) is 18.9. The van der Waals surface area contributed by atoms with E-state index < -0.39 is 4.92 Å². The number of likely N-dealkylation sites (tertiary alicyclic amines) is 1. The predicted octanol–water partition coefficient (Wildman–Crippen LogP) is 2.68. The Morgan fingerprint density at radius 1 is 1.42 bits per heavy atom. The number of amides is 1. The van der Waals surface area contributed by atoms with Gasteiger partial charge < -0.3 is 15.0 Å². The first kappa shape index (κ1) is 20.5. The van der Waals surface area contributed by atoms with Gasteiger partial charge in [0.1, 0.15) is 0 Å². The normalized spacial score (nSPS) is 15.1. The first-order valence-electron chi connectivity index (χ1n) is 8.92. The van der Waals surface area contributed by atoms with Crippen molar-refractivity contribution < 1.29 is 14.5 Å². The summed E-state index contributed by atoms with van der Waals surface area (Å²) in [6, 6.07) is 4.92. The first-order valence-corrected chi connectivity index (χ1v) is 10.1. The number of thioether (sulfide) groups is 1. The molecule has 1 amide bonds. The van der Waals surface area contributed by atoms with Gasteiger partial charge in [-0.3, -0.25) is 14.9 Å². The van der Waals surface area contributed by atoms with Crippen LogP contribution in [-0.2, 0) is 10.5 Å². The Morgan fingerprint density at radius 2 is 2.15 bits per heavy atom. The van der Waals surface area contributed by atoms with Gasteiger partial charge in [0, 0.05) is 24.9 Å². The number of hydrogen-bond donors (Lipinski definition) is 1. The van der Waals surface area contributed by atoms with Crippen LogP contribution >= 0.6 is 11.8 Å². The summed E-state index contributed by atoms with van der Waals surface area (Å²) in [5, 5.41) is 14.4. The van der Waals surface area contributed by atoms with E-state index in [0.29, 0.717) is 17.4 Å². The third kappa shape index (κ3) is 5.88. The van der Waals surface area contributed by atoms with Gasteiger partial charge in [-0.1, -0.05) is 13.0 Å². The van der Waals surface area contributed by atoms with E-state index in [2.05, 4.69) is 12.2 Å². The molecule has 1 aromatic carbocycles. The summed E-state index contributed by atoms with van der Waals surface area (Å²) in [7, 11) is 1.41. The monoisotopic (exact) mass is 381 g/mol. The first-order chi connectivity index (χ1) is 12.5. The summed E-state index contributed by atoms with van der Waals surface area (Å²) in [4.78, 5) is 24.9. The van der Waals surface area contributed by atoms with Crippen LogP contribution < -0.4 is 10.1 Å². The molecule has 0 radical (unpaired) electrons. The van der Waals surface area contributed by atoms with Crippen LogP contribution in [0.25, 0.3) is 0 Å². The maximum absolute atomic E-state index is 12.3. The van der Waals surface area contributed by atoms with E-state index in [-0.39, 0.29) is 17.3 Å². The number of rotatable bonds is 9. The van der Waals surface area contributed by atoms with Crippen LogP contribution in [0.2, 0.25) is 0 Å². The van der Waals surface area contributed by atoms with Crippen molar-refractivity contribution in [1.29, 1.82) is 0 Å². The lowest BCUT2D eigenvalue weighted by Crippen LogP contribution is -2.41. The molecule has 26 heavy (non-hydrogen) atoms. The van der Waals surface area contributed by atoms with Crippen molar-refractivity contribution >= 4 is 23.4 Å². The molecule has 1 aromatic rings. The number of benzene rings is 1. The predicted molar refractivity (Wildman–Crippen MR) is 104 cm³/mol. The van der Waals surface area contributed by atoms with Crippen molar-refractivity contribution in [2.75, 3.05) is 39.0 Å². The van der Waals surface area contributed by atoms with Gasteiger partial charge in [0.05, 0.1) is 17.8 Å². The van der Waals surface area contributed by atoms with Gasteiger partial charge in [-0.2, -0.15) is 0 Å². The highest BCUT2D eigenvalue weighted by Crippen LogP contribution is 2.29. The molecule has 1 aliphatic rings. The molecule has 2 rings (SSSR count). The third-order valence-corrected chi connectivity index (χ3v) is 5.57. The summed E-state index contributed by atoms with van der Waals surface area (Å²) >= 11 is 1.49. The molecule has 0 aliphatic carbocycles. The molecular formula is C18H27N3O4S. The van der Waals surface area contributed by atoms with Crippen LogP contribution in [-0.4, -0.2) is 54.8 Å². The number of ether oxygens (including phenoxy) is 1. The highest BCUT2D eigenvalue weighted by Gasteiger charge is 2.22. The number of nitro groups is 1.